The van der Waals surface area contributed by atoms with Gasteiger partial charge in [0.2, 0.25) is 0 Å². The molecule has 4 nitrogen and oxygen atoms in total. The number of amidine groups is 1. The second-order valence-electron chi connectivity index (χ2n) is 1.96. The van der Waals surface area contributed by atoms with E-state index >= 15 is 0 Å². The van der Waals surface area contributed by atoms with Gasteiger partial charge in [-0.2, -0.15) is 5.26 Å². The van der Waals surface area contributed by atoms with Crippen LogP contribution in [-0.2, 0) is 0 Å². The Balaban J connectivity index is 0.000000671. The minimum Gasteiger partial charge on any atom is -0.384 e. The van der Waals surface area contributed by atoms with Crippen molar-refractivity contribution in [3.63, 3.8) is 0 Å². The van der Waals surface area contributed by atoms with E-state index < -0.39 is 0 Å². The van der Waals surface area contributed by atoms with E-state index in [0.717, 1.165) is 0 Å². The fraction of sp³-hybridized carbons (Fsp3) is 0.222. The van der Waals surface area contributed by atoms with Crippen LogP contribution in [0.3, 0.4) is 0 Å². The topological polar surface area (TPSA) is 86.5 Å². The molecule has 0 saturated heterocycles. The van der Waals surface area contributed by atoms with Crippen LogP contribution in [0.25, 0.3) is 0 Å². The molecule has 1 rings (SSSR count). The number of nitrogens with zero attached hydrogens (tertiary/aromatic N) is 2. The Hall–Kier alpha value is -1.89. The number of nitrogens with two attached hydrogens (primary N) is 1. The Morgan fingerprint density at radius 1 is 1.54 bits per heavy atom. The lowest BCUT2D eigenvalue weighted by atomic mass is 10.2. The highest BCUT2D eigenvalue weighted by Gasteiger charge is 1.95. The second kappa shape index (κ2) is 5.72. The summed E-state index contributed by atoms with van der Waals surface area (Å²) in [5.41, 5.74) is 6.03. The van der Waals surface area contributed by atoms with Crippen molar-refractivity contribution in [2.24, 2.45) is 5.73 Å². The first-order chi connectivity index (χ1) is 6.24. The predicted molar refractivity (Wildman–Crippen MR) is 51.3 cm³/mol. The smallest absolute Gasteiger partial charge is 0.140 e. The minimum atomic E-state index is -0.0398. The highest BCUT2D eigenvalue weighted by atomic mass is 14.7. The first-order valence-corrected chi connectivity index (χ1v) is 3.94. The molecule has 3 N–H and O–H groups in total. The van der Waals surface area contributed by atoms with Gasteiger partial charge in [0.25, 0.3) is 0 Å². The molecular formula is C9H12N4. The molecule has 0 aliphatic carbocycles. The molecule has 0 atom stereocenters. The fourth-order valence-electron chi connectivity index (χ4n) is 0.619. The van der Waals surface area contributed by atoms with E-state index in [0.29, 0.717) is 11.3 Å². The van der Waals surface area contributed by atoms with Crippen LogP contribution >= 0.6 is 0 Å². The van der Waals surface area contributed by atoms with Crippen molar-refractivity contribution in [1.82, 2.24) is 4.98 Å². The van der Waals surface area contributed by atoms with Gasteiger partial charge >= 0.3 is 0 Å². The number of pyridine rings is 1. The van der Waals surface area contributed by atoms with Crippen molar-refractivity contribution in [2.75, 3.05) is 0 Å². The summed E-state index contributed by atoms with van der Waals surface area (Å²) >= 11 is 0. The van der Waals surface area contributed by atoms with Gasteiger partial charge in [0, 0.05) is 11.8 Å². The maximum absolute atomic E-state index is 8.37. The van der Waals surface area contributed by atoms with E-state index in [2.05, 4.69) is 4.98 Å². The molecular weight excluding hydrogens is 164 g/mol. The third-order valence-electron chi connectivity index (χ3n) is 1.19. The van der Waals surface area contributed by atoms with E-state index in [1.165, 1.54) is 12.3 Å². The summed E-state index contributed by atoms with van der Waals surface area (Å²) in [5.74, 6) is -0.0398. The Morgan fingerprint density at radius 3 is 2.46 bits per heavy atom. The monoisotopic (exact) mass is 176 g/mol. The average Bonchev–Trinajstić information content (AvgIpc) is 2.21. The SMILES string of the molecule is CC.N#Cc1ccc(C(=N)N)cn1. The van der Waals surface area contributed by atoms with Crippen molar-refractivity contribution in [3.8, 4) is 6.07 Å². The number of hydrogen-bond acceptors (Lipinski definition) is 3. The van der Waals surface area contributed by atoms with Crippen LogP contribution in [0, 0.1) is 16.7 Å². The average molecular weight is 176 g/mol. The largest absolute Gasteiger partial charge is 0.384 e. The van der Waals surface area contributed by atoms with E-state index in [-0.39, 0.29) is 5.84 Å². The van der Waals surface area contributed by atoms with Crippen LogP contribution in [0.2, 0.25) is 0 Å². The highest BCUT2D eigenvalue weighted by Crippen LogP contribution is 1.96. The van der Waals surface area contributed by atoms with Crippen molar-refractivity contribution in [2.45, 2.75) is 13.8 Å². The molecule has 0 aromatic carbocycles. The molecule has 4 heteroatoms. The first kappa shape index (κ1) is 11.1. The number of aromatic nitrogens is 1. The zero-order valence-electron chi connectivity index (χ0n) is 7.70. The van der Waals surface area contributed by atoms with Gasteiger partial charge in [0.05, 0.1) is 0 Å². The van der Waals surface area contributed by atoms with Crippen LogP contribution in [0.5, 0.6) is 0 Å². The fourth-order valence-corrected chi connectivity index (χ4v) is 0.619. The van der Waals surface area contributed by atoms with Crippen LogP contribution in [0.4, 0.5) is 0 Å². The lowest BCUT2D eigenvalue weighted by Crippen LogP contribution is -2.11. The summed E-state index contributed by atoms with van der Waals surface area (Å²) in [4.78, 5) is 3.74. The van der Waals surface area contributed by atoms with Crippen LogP contribution in [0.15, 0.2) is 18.3 Å². The van der Waals surface area contributed by atoms with Gasteiger partial charge in [0.15, 0.2) is 0 Å². The Morgan fingerprint density at radius 2 is 2.15 bits per heavy atom. The molecule has 1 aromatic rings. The summed E-state index contributed by atoms with van der Waals surface area (Å²) in [5, 5.41) is 15.4. The molecule has 68 valence electrons. The number of hydrogen-bond donors (Lipinski definition) is 2. The molecule has 0 bridgehead atoms. The van der Waals surface area contributed by atoms with Crippen molar-refractivity contribution in [3.05, 3.63) is 29.6 Å². The third kappa shape index (κ3) is 3.34. The standard InChI is InChI=1S/C7H6N4.C2H6/c8-3-6-2-1-5(4-11-6)7(9)10;1-2/h1-2,4H,(H3,9,10);1-2H3. The summed E-state index contributed by atoms with van der Waals surface area (Å²) < 4.78 is 0. The zero-order chi connectivity index (χ0) is 10.3. The number of nitrogen functional groups attached to an aromatic ring is 1. The molecule has 0 saturated carbocycles. The predicted octanol–water partition coefficient (Wildman–Crippen LogP) is 1.26. The molecule has 0 amide bonds. The molecule has 0 spiro atoms. The maximum Gasteiger partial charge on any atom is 0.140 e. The molecule has 1 aromatic heterocycles. The lowest BCUT2D eigenvalue weighted by molar-refractivity contribution is 1.24. The second-order valence-corrected chi connectivity index (χ2v) is 1.96. The van der Waals surface area contributed by atoms with E-state index in [1.807, 2.05) is 19.9 Å². The van der Waals surface area contributed by atoms with E-state index in [1.54, 1.807) is 6.07 Å². The third-order valence-corrected chi connectivity index (χ3v) is 1.19. The molecule has 0 unspecified atom stereocenters. The lowest BCUT2D eigenvalue weighted by Gasteiger charge is -1.94. The van der Waals surface area contributed by atoms with E-state index in [4.69, 9.17) is 16.4 Å². The molecule has 0 aliphatic heterocycles. The van der Waals surface area contributed by atoms with Gasteiger partial charge in [-0.25, -0.2) is 4.98 Å². The van der Waals surface area contributed by atoms with Crippen LogP contribution < -0.4 is 5.73 Å². The zero-order valence-corrected chi connectivity index (χ0v) is 7.70. The summed E-state index contributed by atoms with van der Waals surface area (Å²) in [6.45, 7) is 4.00. The van der Waals surface area contributed by atoms with Gasteiger partial charge in [-0.15, -0.1) is 0 Å². The highest BCUT2D eigenvalue weighted by molar-refractivity contribution is 5.94. The van der Waals surface area contributed by atoms with Gasteiger partial charge in [-0.3, -0.25) is 5.41 Å². The van der Waals surface area contributed by atoms with Crippen molar-refractivity contribution >= 4 is 5.84 Å². The normalized spacial score (nSPS) is 7.77. The summed E-state index contributed by atoms with van der Waals surface area (Å²) in [7, 11) is 0. The van der Waals surface area contributed by atoms with Gasteiger partial charge in [-0.1, -0.05) is 13.8 Å². The Kier molecular flexibility index (Phi) is 4.89. The van der Waals surface area contributed by atoms with E-state index in [9.17, 15) is 0 Å². The van der Waals surface area contributed by atoms with Crippen LogP contribution in [0.1, 0.15) is 25.1 Å². The molecule has 0 fully saturated rings. The maximum atomic E-state index is 8.37. The Bertz CT molecular complexity index is 307. The Labute approximate surface area is 77.5 Å². The van der Waals surface area contributed by atoms with Crippen LogP contribution in [-0.4, -0.2) is 10.8 Å². The molecule has 0 radical (unpaired) electrons. The van der Waals surface area contributed by atoms with Crippen molar-refractivity contribution < 1.29 is 0 Å². The number of rotatable bonds is 1. The first-order valence-electron chi connectivity index (χ1n) is 3.94. The number of nitriles is 1. The molecule has 1 heterocycles. The molecule has 13 heavy (non-hydrogen) atoms. The number of nitrogens with one attached hydrogen (secondary N) is 1. The van der Waals surface area contributed by atoms with Gasteiger partial charge in [-0.05, 0) is 12.1 Å². The van der Waals surface area contributed by atoms with Gasteiger partial charge < -0.3 is 5.73 Å². The molecule has 0 aliphatic rings. The summed E-state index contributed by atoms with van der Waals surface area (Å²) in [6.07, 6.45) is 1.40. The van der Waals surface area contributed by atoms with Gasteiger partial charge in [0.1, 0.15) is 17.6 Å². The summed E-state index contributed by atoms with van der Waals surface area (Å²) in [6, 6.07) is 4.99. The van der Waals surface area contributed by atoms with Crippen molar-refractivity contribution in [1.29, 1.82) is 10.7 Å². The quantitative estimate of drug-likeness (QED) is 0.499. The minimum absolute atomic E-state index is 0.0398.